The van der Waals surface area contributed by atoms with Crippen molar-refractivity contribution in [1.82, 2.24) is 19.4 Å². The minimum atomic E-state index is -1.09. The fraction of sp³-hybridized carbons (Fsp3) is 0.263. The fourth-order valence-electron chi connectivity index (χ4n) is 3.24. The number of H-pyrrole nitrogens is 1. The molecule has 3 aromatic rings. The molecule has 0 radical (unpaired) electrons. The van der Waals surface area contributed by atoms with E-state index in [1.54, 1.807) is 6.07 Å². The number of aromatic nitrogens is 4. The molecule has 1 fully saturated rings. The molecule has 0 amide bonds. The Morgan fingerprint density at radius 2 is 2.00 bits per heavy atom. The Bertz CT molecular complexity index is 1360. The summed E-state index contributed by atoms with van der Waals surface area (Å²) in [5.41, 5.74) is -2.06. The topological polar surface area (TPSA) is 125 Å². The van der Waals surface area contributed by atoms with Crippen LogP contribution in [-0.2, 0) is 0 Å². The summed E-state index contributed by atoms with van der Waals surface area (Å²) in [6.45, 7) is 1.96. The molecule has 3 N–H and O–H groups in total. The van der Waals surface area contributed by atoms with Crippen molar-refractivity contribution in [2.75, 3.05) is 5.84 Å². The number of hydrogen-bond acceptors (Lipinski definition) is 6. The van der Waals surface area contributed by atoms with E-state index < -0.39 is 27.8 Å². The monoisotopic (exact) mass is 467 g/mol. The summed E-state index contributed by atoms with van der Waals surface area (Å²) < 4.78 is 21.5. The summed E-state index contributed by atoms with van der Waals surface area (Å²) in [4.78, 5) is 38.3. The van der Waals surface area contributed by atoms with Gasteiger partial charge in [0.15, 0.2) is 11.6 Å². The van der Waals surface area contributed by atoms with Gasteiger partial charge < -0.3 is 15.6 Å². The Hall–Kier alpha value is -3.11. The van der Waals surface area contributed by atoms with Crippen molar-refractivity contribution in [2.24, 2.45) is 5.92 Å². The van der Waals surface area contributed by atoms with Crippen LogP contribution in [0.4, 0.5) is 4.39 Å². The van der Waals surface area contributed by atoms with E-state index in [2.05, 4.69) is 10.1 Å². The van der Waals surface area contributed by atoms with Crippen molar-refractivity contribution in [3.05, 3.63) is 77.1 Å². The first-order valence-electron chi connectivity index (χ1n) is 9.23. The van der Waals surface area contributed by atoms with E-state index in [1.807, 2.05) is 6.92 Å². The predicted molar refractivity (Wildman–Crippen MR) is 112 cm³/mol. The van der Waals surface area contributed by atoms with Gasteiger partial charge in [0.1, 0.15) is 22.7 Å². The molecule has 31 heavy (non-hydrogen) atoms. The number of nitrogens with one attached hydrogen (secondary N) is 1. The van der Waals surface area contributed by atoms with E-state index in [0.717, 1.165) is 25.1 Å². The molecule has 162 valence electrons. The third-order valence-corrected chi connectivity index (χ3v) is 5.80. The molecule has 0 bridgehead atoms. The minimum absolute atomic E-state index is 0.0438. The molecule has 1 atom stereocenters. The van der Waals surface area contributed by atoms with Gasteiger partial charge in [-0.25, -0.2) is 9.18 Å². The lowest BCUT2D eigenvalue weighted by atomic mass is 9.98. The first-order chi connectivity index (χ1) is 14.7. The molecule has 12 heteroatoms. The Morgan fingerprint density at radius 1 is 1.29 bits per heavy atom. The Labute approximate surface area is 183 Å². The van der Waals surface area contributed by atoms with E-state index in [4.69, 9.17) is 33.8 Å². The molecule has 2 aromatic heterocycles. The summed E-state index contributed by atoms with van der Waals surface area (Å²) in [7, 11) is 0. The molecule has 1 aromatic carbocycles. The molecule has 9 nitrogen and oxygen atoms in total. The Kier molecular flexibility index (Phi) is 5.36. The van der Waals surface area contributed by atoms with Crippen LogP contribution in [0.3, 0.4) is 0 Å². The van der Waals surface area contributed by atoms with Crippen molar-refractivity contribution in [1.29, 1.82) is 0 Å². The highest BCUT2D eigenvalue weighted by atomic mass is 35.5. The lowest BCUT2D eigenvalue weighted by Gasteiger charge is -2.15. The third-order valence-electron chi connectivity index (χ3n) is 5.18. The summed E-state index contributed by atoms with van der Waals surface area (Å²) in [5.74, 6) is 4.76. The lowest BCUT2D eigenvalue weighted by molar-refractivity contribution is 0.471. The fourth-order valence-corrected chi connectivity index (χ4v) is 3.76. The normalized spacial score (nSPS) is 14.5. The maximum Gasteiger partial charge on any atom is 0.371 e. The highest BCUT2D eigenvalue weighted by Crippen LogP contribution is 2.43. The SMILES string of the molecule is CC(c1cc(Oc2c(Cl)cc(-n3ncc(=O)n(N)c3=O)c(F)c2Cl)c[nH]c1=O)C1CC1. The lowest BCUT2D eigenvalue weighted by Crippen LogP contribution is -2.44. The van der Waals surface area contributed by atoms with E-state index >= 15 is 0 Å². The Morgan fingerprint density at radius 3 is 2.68 bits per heavy atom. The van der Waals surface area contributed by atoms with Crippen LogP contribution in [0.25, 0.3) is 5.69 Å². The van der Waals surface area contributed by atoms with Gasteiger partial charge in [0.05, 0.1) is 5.02 Å². The van der Waals surface area contributed by atoms with Gasteiger partial charge in [-0.1, -0.05) is 30.1 Å². The number of ether oxygens (including phenoxy) is 1. The molecule has 0 aliphatic heterocycles. The molecule has 0 spiro atoms. The highest BCUT2D eigenvalue weighted by molar-refractivity contribution is 6.37. The van der Waals surface area contributed by atoms with Crippen molar-refractivity contribution in [3.8, 4) is 17.2 Å². The van der Waals surface area contributed by atoms with Crippen molar-refractivity contribution in [3.63, 3.8) is 0 Å². The van der Waals surface area contributed by atoms with Crippen LogP contribution in [0.15, 0.2) is 38.9 Å². The molecule has 1 saturated carbocycles. The van der Waals surface area contributed by atoms with Gasteiger partial charge in [0, 0.05) is 11.8 Å². The van der Waals surface area contributed by atoms with Gasteiger partial charge in [0.2, 0.25) is 0 Å². The number of nitrogen functional groups attached to an aromatic ring is 1. The number of pyridine rings is 1. The number of nitrogens with two attached hydrogens (primary N) is 1. The van der Waals surface area contributed by atoms with Crippen LogP contribution in [0.5, 0.6) is 11.5 Å². The number of nitrogens with zero attached hydrogens (tertiary/aromatic N) is 3. The zero-order chi connectivity index (χ0) is 22.4. The van der Waals surface area contributed by atoms with Crippen LogP contribution in [0, 0.1) is 11.7 Å². The maximum absolute atomic E-state index is 15.0. The van der Waals surface area contributed by atoms with Crippen molar-refractivity contribution < 1.29 is 9.13 Å². The third kappa shape index (κ3) is 3.84. The van der Waals surface area contributed by atoms with E-state index in [9.17, 15) is 18.8 Å². The van der Waals surface area contributed by atoms with Crippen LogP contribution in [-0.4, -0.2) is 19.4 Å². The molecular weight excluding hydrogens is 452 g/mol. The summed E-state index contributed by atoms with van der Waals surface area (Å²) in [6, 6.07) is 2.63. The number of aromatic amines is 1. The van der Waals surface area contributed by atoms with Gasteiger partial charge in [-0.3, -0.25) is 9.59 Å². The second kappa shape index (κ2) is 7.86. The largest absolute Gasteiger partial charge is 0.453 e. The molecule has 2 heterocycles. The Balaban J connectivity index is 1.75. The number of halogens is 3. The average molecular weight is 468 g/mol. The molecule has 1 unspecified atom stereocenters. The second-order valence-corrected chi connectivity index (χ2v) is 8.01. The van der Waals surface area contributed by atoms with Crippen molar-refractivity contribution >= 4 is 23.2 Å². The molecular formula is C19H16Cl2FN5O4. The molecule has 0 saturated heterocycles. The average Bonchev–Trinajstić information content (AvgIpc) is 3.58. The summed E-state index contributed by atoms with van der Waals surface area (Å²) in [5, 5.41) is 2.93. The first-order valence-corrected chi connectivity index (χ1v) is 9.99. The second-order valence-electron chi connectivity index (χ2n) is 7.23. The molecule has 1 aliphatic carbocycles. The van der Waals surface area contributed by atoms with E-state index in [-0.39, 0.29) is 32.7 Å². The van der Waals surface area contributed by atoms with Gasteiger partial charge >= 0.3 is 5.69 Å². The van der Waals surface area contributed by atoms with Crippen LogP contribution < -0.4 is 27.4 Å². The molecule has 1 aliphatic rings. The molecule has 4 rings (SSSR count). The van der Waals surface area contributed by atoms with Crippen molar-refractivity contribution in [2.45, 2.75) is 25.7 Å². The van der Waals surface area contributed by atoms with Crippen LogP contribution in [0.2, 0.25) is 10.0 Å². The predicted octanol–water partition coefficient (Wildman–Crippen LogP) is 2.55. The zero-order valence-corrected chi connectivity index (χ0v) is 17.6. The quantitative estimate of drug-likeness (QED) is 0.438. The first kappa shape index (κ1) is 21.1. The number of hydrogen-bond donors (Lipinski definition) is 2. The van der Waals surface area contributed by atoms with Gasteiger partial charge in [-0.15, -0.1) is 0 Å². The standard InChI is InChI=1S/C19H16Cl2FN5O4/c1-8(9-2-3-9)11-4-10(6-24-18(11)29)31-17-12(20)5-13(16(22)15(17)21)27-19(30)26(23)14(28)7-25-27/h4-9H,2-3,23H2,1H3,(H,24,29). The highest BCUT2D eigenvalue weighted by Gasteiger charge is 2.31. The number of benzene rings is 1. The maximum atomic E-state index is 15.0. The van der Waals surface area contributed by atoms with Gasteiger partial charge in [0.25, 0.3) is 11.1 Å². The van der Waals surface area contributed by atoms with Crippen LogP contribution in [0.1, 0.15) is 31.2 Å². The van der Waals surface area contributed by atoms with Crippen LogP contribution >= 0.6 is 23.2 Å². The van der Waals surface area contributed by atoms with Gasteiger partial charge in [-0.2, -0.15) is 14.5 Å². The summed E-state index contributed by atoms with van der Waals surface area (Å²) >= 11 is 12.4. The smallest absolute Gasteiger partial charge is 0.371 e. The zero-order valence-electron chi connectivity index (χ0n) is 16.1. The van der Waals surface area contributed by atoms with E-state index in [0.29, 0.717) is 16.2 Å². The summed E-state index contributed by atoms with van der Waals surface area (Å²) in [6.07, 6.45) is 4.18. The number of rotatable bonds is 5. The van der Waals surface area contributed by atoms with E-state index in [1.165, 1.54) is 6.20 Å². The minimum Gasteiger partial charge on any atom is -0.453 e. The van der Waals surface area contributed by atoms with Gasteiger partial charge in [-0.05, 0) is 36.8 Å².